The first-order chi connectivity index (χ1) is 10.3. The maximum absolute atomic E-state index is 4.46. The molecule has 0 aliphatic heterocycles. The lowest BCUT2D eigenvalue weighted by Crippen LogP contribution is -2.09. The van der Waals surface area contributed by atoms with Crippen LogP contribution in [0.2, 0.25) is 0 Å². The number of anilines is 2. The van der Waals surface area contributed by atoms with Gasteiger partial charge >= 0.3 is 0 Å². The molecule has 0 aliphatic carbocycles. The minimum Gasteiger partial charge on any atom is -0.369 e. The van der Waals surface area contributed by atoms with Crippen molar-refractivity contribution in [3.8, 4) is 0 Å². The van der Waals surface area contributed by atoms with E-state index < -0.39 is 0 Å². The summed E-state index contributed by atoms with van der Waals surface area (Å²) >= 11 is 3.47. The summed E-state index contributed by atoms with van der Waals surface area (Å²) in [6, 6.07) is 0. The Hall–Kier alpha value is -1.63. The average Bonchev–Trinajstić information content (AvgIpc) is 3.00. The first kappa shape index (κ1) is 15.8. The van der Waals surface area contributed by atoms with E-state index in [0.717, 1.165) is 49.2 Å². The smallest absolute Gasteiger partial charge is 0.224 e. The molecule has 114 valence electrons. The second-order valence-electron chi connectivity index (χ2n) is 4.75. The van der Waals surface area contributed by atoms with Gasteiger partial charge in [0, 0.05) is 38.2 Å². The molecule has 2 aromatic rings. The summed E-state index contributed by atoms with van der Waals surface area (Å²) in [5, 5.41) is 6.54. The second-order valence-corrected chi connectivity index (χ2v) is 5.61. The molecule has 0 aliphatic rings. The van der Waals surface area contributed by atoms with Crippen LogP contribution in [-0.4, -0.2) is 32.6 Å². The molecular weight excluding hydrogens is 332 g/mol. The van der Waals surface area contributed by atoms with Crippen LogP contribution < -0.4 is 10.6 Å². The van der Waals surface area contributed by atoms with Gasteiger partial charge in [-0.1, -0.05) is 6.92 Å². The molecule has 2 heterocycles. The van der Waals surface area contributed by atoms with E-state index in [-0.39, 0.29) is 0 Å². The Kier molecular flexibility index (Phi) is 6.46. The number of rotatable bonds is 9. The predicted octanol–water partition coefficient (Wildman–Crippen LogP) is 3.15. The molecule has 0 saturated heterocycles. The lowest BCUT2D eigenvalue weighted by Gasteiger charge is -2.10. The summed E-state index contributed by atoms with van der Waals surface area (Å²) < 4.78 is 2.98. The highest BCUT2D eigenvalue weighted by molar-refractivity contribution is 9.10. The van der Waals surface area contributed by atoms with E-state index in [4.69, 9.17) is 0 Å². The molecule has 2 rings (SSSR count). The van der Waals surface area contributed by atoms with Crippen molar-refractivity contribution < 1.29 is 0 Å². The van der Waals surface area contributed by atoms with Crippen molar-refractivity contribution in [1.29, 1.82) is 0 Å². The molecule has 0 atom stereocenters. The number of halogens is 1. The minimum atomic E-state index is 0.668. The van der Waals surface area contributed by atoms with E-state index in [9.17, 15) is 0 Å². The zero-order valence-corrected chi connectivity index (χ0v) is 13.8. The average molecular weight is 353 g/mol. The summed E-state index contributed by atoms with van der Waals surface area (Å²) in [5.41, 5.74) is 0. The Bertz CT molecular complexity index is 528. The molecule has 0 amide bonds. The largest absolute Gasteiger partial charge is 0.369 e. The number of hydrogen-bond acceptors (Lipinski definition) is 5. The normalized spacial score (nSPS) is 10.6. The number of aromatic nitrogens is 4. The Morgan fingerprint density at radius 1 is 1.24 bits per heavy atom. The molecule has 2 aromatic heterocycles. The predicted molar refractivity (Wildman–Crippen MR) is 88.5 cm³/mol. The quantitative estimate of drug-likeness (QED) is 0.678. The molecule has 0 fully saturated rings. The highest BCUT2D eigenvalue weighted by Crippen LogP contribution is 2.20. The number of unbranched alkanes of at least 4 members (excludes halogenated alkanes) is 1. The third-order valence-electron chi connectivity index (χ3n) is 2.97. The molecule has 0 bridgehead atoms. The molecule has 21 heavy (non-hydrogen) atoms. The maximum atomic E-state index is 4.46. The van der Waals surface area contributed by atoms with Gasteiger partial charge in [0.15, 0.2) is 0 Å². The molecule has 6 nitrogen and oxygen atoms in total. The fraction of sp³-hybridized carbons (Fsp3) is 0.500. The first-order valence-electron chi connectivity index (χ1n) is 7.25. The van der Waals surface area contributed by atoms with E-state index >= 15 is 0 Å². The van der Waals surface area contributed by atoms with Crippen molar-refractivity contribution in [2.75, 3.05) is 23.7 Å². The van der Waals surface area contributed by atoms with E-state index in [2.05, 4.69) is 53.0 Å². The zero-order chi connectivity index (χ0) is 14.9. The molecule has 0 spiro atoms. The highest BCUT2D eigenvalue weighted by atomic mass is 79.9. The van der Waals surface area contributed by atoms with E-state index in [1.54, 1.807) is 12.4 Å². The van der Waals surface area contributed by atoms with Crippen LogP contribution in [0.1, 0.15) is 26.2 Å². The van der Waals surface area contributed by atoms with E-state index in [1.165, 1.54) is 0 Å². The fourth-order valence-corrected chi connectivity index (χ4v) is 2.19. The van der Waals surface area contributed by atoms with Crippen LogP contribution in [0.25, 0.3) is 0 Å². The van der Waals surface area contributed by atoms with Crippen molar-refractivity contribution in [3.05, 3.63) is 29.4 Å². The maximum Gasteiger partial charge on any atom is 0.224 e. The third-order valence-corrected chi connectivity index (χ3v) is 3.55. The lowest BCUT2D eigenvalue weighted by atomic mass is 10.3. The lowest BCUT2D eigenvalue weighted by molar-refractivity contribution is 0.620. The monoisotopic (exact) mass is 352 g/mol. The van der Waals surface area contributed by atoms with Crippen molar-refractivity contribution in [2.24, 2.45) is 0 Å². The van der Waals surface area contributed by atoms with Crippen molar-refractivity contribution in [3.63, 3.8) is 0 Å². The standard InChI is InChI=1S/C14H21BrN6/c1-2-5-18-14-19-10-12(15)13(20-14)17-6-3-4-8-21-9-7-16-11-21/h7,9-11H,2-6,8H2,1H3,(H2,17,18,19,20). The molecule has 7 heteroatoms. The van der Waals surface area contributed by atoms with Crippen molar-refractivity contribution in [2.45, 2.75) is 32.7 Å². The number of nitrogens with one attached hydrogen (secondary N) is 2. The third kappa shape index (κ3) is 5.34. The van der Waals surface area contributed by atoms with Gasteiger partial charge in [-0.05, 0) is 35.2 Å². The van der Waals surface area contributed by atoms with E-state index in [0.29, 0.717) is 5.95 Å². The number of hydrogen-bond donors (Lipinski definition) is 2. The SMILES string of the molecule is CCCNc1ncc(Br)c(NCCCCn2ccnc2)n1. The van der Waals surface area contributed by atoms with Gasteiger partial charge in [0.25, 0.3) is 0 Å². The molecular formula is C14H21BrN6. The summed E-state index contributed by atoms with van der Waals surface area (Å²) in [5.74, 6) is 1.51. The first-order valence-corrected chi connectivity index (χ1v) is 8.05. The van der Waals surface area contributed by atoms with Gasteiger partial charge in [0.05, 0.1) is 10.8 Å². The van der Waals surface area contributed by atoms with Gasteiger partial charge < -0.3 is 15.2 Å². The molecule has 2 N–H and O–H groups in total. The summed E-state index contributed by atoms with van der Waals surface area (Å²) in [6.45, 7) is 4.88. The number of nitrogens with zero attached hydrogens (tertiary/aromatic N) is 4. The topological polar surface area (TPSA) is 67.7 Å². The van der Waals surface area contributed by atoms with Gasteiger partial charge in [-0.25, -0.2) is 9.97 Å². The van der Waals surface area contributed by atoms with Crippen molar-refractivity contribution in [1.82, 2.24) is 19.5 Å². The Morgan fingerprint density at radius 3 is 2.90 bits per heavy atom. The Labute approximate surface area is 133 Å². The Balaban J connectivity index is 1.74. The summed E-state index contributed by atoms with van der Waals surface area (Å²) in [4.78, 5) is 12.7. The highest BCUT2D eigenvalue weighted by Gasteiger charge is 2.04. The van der Waals surface area contributed by atoms with Crippen LogP contribution in [0.3, 0.4) is 0 Å². The van der Waals surface area contributed by atoms with Crippen molar-refractivity contribution >= 4 is 27.7 Å². The molecule has 0 radical (unpaired) electrons. The number of aryl methyl sites for hydroxylation is 1. The second kappa shape index (κ2) is 8.61. The van der Waals surface area contributed by atoms with Crippen LogP contribution in [0.15, 0.2) is 29.4 Å². The van der Waals surface area contributed by atoms with Crippen LogP contribution in [0.4, 0.5) is 11.8 Å². The zero-order valence-electron chi connectivity index (χ0n) is 12.2. The van der Waals surface area contributed by atoms with Gasteiger partial charge in [-0.2, -0.15) is 4.98 Å². The summed E-state index contributed by atoms with van der Waals surface area (Å²) in [7, 11) is 0. The Morgan fingerprint density at radius 2 is 2.14 bits per heavy atom. The molecule has 0 aromatic carbocycles. The number of imidazole rings is 1. The minimum absolute atomic E-state index is 0.668. The molecule has 0 saturated carbocycles. The van der Waals surface area contributed by atoms with Gasteiger partial charge in [-0.15, -0.1) is 0 Å². The van der Waals surface area contributed by atoms with Gasteiger partial charge in [0.1, 0.15) is 5.82 Å². The van der Waals surface area contributed by atoms with Crippen LogP contribution in [0, 0.1) is 0 Å². The summed E-state index contributed by atoms with van der Waals surface area (Å²) in [6.07, 6.45) is 10.6. The van der Waals surface area contributed by atoms with Crippen LogP contribution in [0.5, 0.6) is 0 Å². The fourth-order valence-electron chi connectivity index (χ4n) is 1.86. The molecule has 0 unspecified atom stereocenters. The van der Waals surface area contributed by atoms with Crippen LogP contribution >= 0.6 is 15.9 Å². The van der Waals surface area contributed by atoms with Gasteiger partial charge in [0.2, 0.25) is 5.95 Å². The van der Waals surface area contributed by atoms with E-state index in [1.807, 2.05) is 12.5 Å². The van der Waals surface area contributed by atoms with Crippen LogP contribution in [-0.2, 0) is 6.54 Å². The van der Waals surface area contributed by atoms with Gasteiger partial charge in [-0.3, -0.25) is 0 Å².